The summed E-state index contributed by atoms with van der Waals surface area (Å²) in [5.41, 5.74) is 2.74. The molecule has 0 unspecified atom stereocenters. The molecule has 3 N–H and O–H groups in total. The Labute approximate surface area is 171 Å². The van der Waals surface area contributed by atoms with Crippen molar-refractivity contribution in [1.82, 2.24) is 15.0 Å². The van der Waals surface area contributed by atoms with Gasteiger partial charge in [-0.3, -0.25) is 4.98 Å². The predicted octanol–water partition coefficient (Wildman–Crippen LogP) is 3.59. The third-order valence-corrected chi connectivity index (χ3v) is 4.67. The normalized spacial score (nSPS) is 11.9. The van der Waals surface area contributed by atoms with Gasteiger partial charge in [-0.05, 0) is 24.1 Å². The lowest BCUT2D eigenvalue weighted by Crippen LogP contribution is -2.30. The molecule has 29 heavy (non-hydrogen) atoms. The van der Waals surface area contributed by atoms with Crippen molar-refractivity contribution in [3.05, 3.63) is 60.4 Å². The fraction of sp³-hybridized carbons (Fsp3) is 0.318. The number of nitrogens with one attached hydrogen (secondary N) is 2. The van der Waals surface area contributed by atoms with Crippen molar-refractivity contribution in [2.24, 2.45) is 5.92 Å². The summed E-state index contributed by atoms with van der Waals surface area (Å²) in [5.74, 6) is 2.20. The summed E-state index contributed by atoms with van der Waals surface area (Å²) in [7, 11) is 1.66. The summed E-state index contributed by atoms with van der Waals surface area (Å²) in [6.07, 6.45) is 3.47. The fourth-order valence-electron chi connectivity index (χ4n) is 2.90. The van der Waals surface area contributed by atoms with Gasteiger partial charge in [-0.1, -0.05) is 32.0 Å². The maximum atomic E-state index is 9.67. The number of nitrogens with zero attached hydrogens (tertiary/aromatic N) is 3. The van der Waals surface area contributed by atoms with Gasteiger partial charge in [-0.15, -0.1) is 0 Å². The van der Waals surface area contributed by atoms with Crippen LogP contribution in [-0.4, -0.2) is 39.8 Å². The predicted molar refractivity (Wildman–Crippen MR) is 115 cm³/mol. The molecule has 0 aliphatic rings. The second-order valence-corrected chi connectivity index (χ2v) is 7.04. The van der Waals surface area contributed by atoms with E-state index in [2.05, 4.69) is 25.6 Å². The summed E-state index contributed by atoms with van der Waals surface area (Å²) in [4.78, 5) is 13.3. The molecule has 0 amide bonds. The van der Waals surface area contributed by atoms with Crippen LogP contribution in [0.4, 0.5) is 11.8 Å². The first-order valence-electron chi connectivity index (χ1n) is 9.63. The minimum absolute atomic E-state index is 0.00445. The molecular formula is C22H27N5O2. The fourth-order valence-corrected chi connectivity index (χ4v) is 2.90. The highest BCUT2D eigenvalue weighted by Gasteiger charge is 2.15. The summed E-state index contributed by atoms with van der Waals surface area (Å²) in [6.45, 7) is 4.65. The largest absolute Gasteiger partial charge is 0.496 e. The van der Waals surface area contributed by atoms with Gasteiger partial charge in [0.15, 0.2) is 0 Å². The minimum atomic E-state index is -0.134. The van der Waals surface area contributed by atoms with Crippen LogP contribution in [0.5, 0.6) is 5.75 Å². The van der Waals surface area contributed by atoms with Crippen LogP contribution in [-0.2, 0) is 6.54 Å². The Bertz CT molecular complexity index is 918. The van der Waals surface area contributed by atoms with E-state index in [4.69, 9.17) is 4.74 Å². The smallest absolute Gasteiger partial charge is 0.225 e. The van der Waals surface area contributed by atoms with E-state index in [1.165, 1.54) is 0 Å². The number of para-hydroxylation sites is 1. The van der Waals surface area contributed by atoms with E-state index in [-0.39, 0.29) is 18.6 Å². The Morgan fingerprint density at radius 1 is 1.07 bits per heavy atom. The Hall–Kier alpha value is -3.19. The SMILES string of the molecule is COc1ccccc1CNc1cc(-c2ccncc2)nc(N[C@@H](CO)C(C)C)n1. The highest BCUT2D eigenvalue weighted by molar-refractivity contribution is 5.64. The van der Waals surface area contributed by atoms with Crippen molar-refractivity contribution in [3.8, 4) is 17.0 Å². The van der Waals surface area contributed by atoms with Gasteiger partial charge in [-0.25, -0.2) is 4.98 Å². The van der Waals surface area contributed by atoms with Crippen molar-refractivity contribution < 1.29 is 9.84 Å². The van der Waals surface area contributed by atoms with E-state index in [0.717, 1.165) is 22.6 Å². The summed E-state index contributed by atoms with van der Waals surface area (Å²) >= 11 is 0. The first kappa shape index (κ1) is 20.5. The summed E-state index contributed by atoms with van der Waals surface area (Å²) < 4.78 is 5.42. The molecule has 0 saturated carbocycles. The molecule has 2 heterocycles. The molecule has 0 spiro atoms. The Balaban J connectivity index is 1.89. The van der Waals surface area contributed by atoms with Gasteiger partial charge in [0.2, 0.25) is 5.95 Å². The number of aliphatic hydroxyl groups is 1. The monoisotopic (exact) mass is 393 g/mol. The van der Waals surface area contributed by atoms with Crippen LogP contribution in [0.1, 0.15) is 19.4 Å². The number of anilines is 2. The number of pyridine rings is 1. The lowest BCUT2D eigenvalue weighted by atomic mass is 10.1. The number of hydrogen-bond acceptors (Lipinski definition) is 7. The molecule has 0 bridgehead atoms. The molecule has 0 saturated heterocycles. The van der Waals surface area contributed by atoms with Gasteiger partial charge in [0.25, 0.3) is 0 Å². The molecule has 2 aromatic heterocycles. The number of aliphatic hydroxyl groups excluding tert-OH is 1. The van der Waals surface area contributed by atoms with Gasteiger partial charge >= 0.3 is 0 Å². The van der Waals surface area contributed by atoms with Crippen molar-refractivity contribution in [1.29, 1.82) is 0 Å². The van der Waals surface area contributed by atoms with E-state index >= 15 is 0 Å². The van der Waals surface area contributed by atoms with Crippen LogP contribution < -0.4 is 15.4 Å². The van der Waals surface area contributed by atoms with Crippen LogP contribution in [0, 0.1) is 5.92 Å². The van der Waals surface area contributed by atoms with E-state index in [1.54, 1.807) is 19.5 Å². The van der Waals surface area contributed by atoms with Gasteiger partial charge in [0.05, 0.1) is 25.5 Å². The number of rotatable bonds is 9. The summed E-state index contributed by atoms with van der Waals surface area (Å²) in [5, 5.41) is 16.3. The quantitative estimate of drug-likeness (QED) is 0.512. The van der Waals surface area contributed by atoms with Gasteiger partial charge in [0.1, 0.15) is 11.6 Å². The van der Waals surface area contributed by atoms with Gasteiger partial charge < -0.3 is 20.5 Å². The number of aromatic nitrogens is 3. The topological polar surface area (TPSA) is 92.2 Å². The zero-order valence-electron chi connectivity index (χ0n) is 17.0. The highest BCUT2D eigenvalue weighted by Crippen LogP contribution is 2.23. The maximum Gasteiger partial charge on any atom is 0.225 e. The van der Waals surface area contributed by atoms with E-state index < -0.39 is 0 Å². The molecule has 0 fully saturated rings. The molecule has 0 aliphatic carbocycles. The number of hydrogen-bond donors (Lipinski definition) is 3. The average Bonchev–Trinajstić information content (AvgIpc) is 2.76. The number of benzene rings is 1. The van der Waals surface area contributed by atoms with Gasteiger partial charge in [0, 0.05) is 36.1 Å². The second-order valence-electron chi connectivity index (χ2n) is 7.04. The van der Waals surface area contributed by atoms with Crippen LogP contribution in [0.25, 0.3) is 11.3 Å². The van der Waals surface area contributed by atoms with Crippen LogP contribution in [0.15, 0.2) is 54.9 Å². The molecule has 0 radical (unpaired) electrons. The van der Waals surface area contributed by atoms with Crippen molar-refractivity contribution in [2.45, 2.75) is 26.4 Å². The van der Waals surface area contributed by atoms with Crippen molar-refractivity contribution >= 4 is 11.8 Å². The van der Waals surface area contributed by atoms with Crippen LogP contribution >= 0.6 is 0 Å². The lowest BCUT2D eigenvalue weighted by Gasteiger charge is -2.21. The molecule has 7 heteroatoms. The first-order chi connectivity index (χ1) is 14.1. The maximum absolute atomic E-state index is 9.67. The molecule has 0 aliphatic heterocycles. The number of methoxy groups -OCH3 is 1. The third kappa shape index (κ3) is 5.42. The van der Waals surface area contributed by atoms with Crippen LogP contribution in [0.3, 0.4) is 0 Å². The second kappa shape index (κ2) is 9.84. The van der Waals surface area contributed by atoms with Crippen LogP contribution in [0.2, 0.25) is 0 Å². The molecule has 152 valence electrons. The van der Waals surface area contributed by atoms with Crippen molar-refractivity contribution in [2.75, 3.05) is 24.4 Å². The Kier molecular flexibility index (Phi) is 6.97. The molecule has 3 aromatic rings. The lowest BCUT2D eigenvalue weighted by molar-refractivity contribution is 0.248. The van der Waals surface area contributed by atoms with Gasteiger partial charge in [-0.2, -0.15) is 4.98 Å². The molecule has 1 aromatic carbocycles. The Morgan fingerprint density at radius 3 is 2.52 bits per heavy atom. The molecule has 3 rings (SSSR count). The zero-order chi connectivity index (χ0) is 20.6. The standard InChI is InChI=1S/C22H27N5O2/c1-15(2)19(14-28)26-22-25-18(16-8-10-23-11-9-16)12-21(27-22)24-13-17-6-4-5-7-20(17)29-3/h4-12,15,19,28H,13-14H2,1-3H3,(H2,24,25,26,27)/t19-/m0/s1. The molecular weight excluding hydrogens is 366 g/mol. The third-order valence-electron chi connectivity index (χ3n) is 4.67. The molecule has 1 atom stereocenters. The Morgan fingerprint density at radius 2 is 1.83 bits per heavy atom. The number of ether oxygens (including phenoxy) is 1. The minimum Gasteiger partial charge on any atom is -0.496 e. The van der Waals surface area contributed by atoms with E-state index in [0.29, 0.717) is 18.3 Å². The highest BCUT2D eigenvalue weighted by atomic mass is 16.5. The van der Waals surface area contributed by atoms with E-state index in [9.17, 15) is 5.11 Å². The van der Waals surface area contributed by atoms with E-state index in [1.807, 2.05) is 56.3 Å². The molecule has 7 nitrogen and oxygen atoms in total. The first-order valence-corrected chi connectivity index (χ1v) is 9.63. The zero-order valence-corrected chi connectivity index (χ0v) is 17.0. The summed E-state index contributed by atoms with van der Waals surface area (Å²) in [6, 6.07) is 13.4. The average molecular weight is 393 g/mol. The van der Waals surface area contributed by atoms with Crippen molar-refractivity contribution in [3.63, 3.8) is 0 Å².